The number of methoxy groups -OCH3 is 1. The van der Waals surface area contributed by atoms with E-state index in [2.05, 4.69) is 63.6 Å². The van der Waals surface area contributed by atoms with Crippen molar-refractivity contribution in [1.82, 2.24) is 14.5 Å². The smallest absolute Gasteiger partial charge is 0.171 e. The lowest BCUT2D eigenvalue weighted by Gasteiger charge is -2.29. The van der Waals surface area contributed by atoms with Gasteiger partial charge in [0.25, 0.3) is 0 Å². The van der Waals surface area contributed by atoms with Crippen LogP contribution in [0.15, 0.2) is 71.8 Å². The molecule has 1 atom stereocenters. The van der Waals surface area contributed by atoms with Gasteiger partial charge in [-0.2, -0.15) is 0 Å². The summed E-state index contributed by atoms with van der Waals surface area (Å²) in [5, 5.41) is 4.62. The second kappa shape index (κ2) is 9.94. The number of oxime groups is 1. The van der Waals surface area contributed by atoms with E-state index in [0.29, 0.717) is 0 Å². The molecule has 0 bridgehead atoms. The Kier molecular flexibility index (Phi) is 6.82. The Labute approximate surface area is 196 Å². The lowest BCUT2D eigenvalue weighted by atomic mass is 9.99. The van der Waals surface area contributed by atoms with Crippen molar-refractivity contribution in [3.63, 3.8) is 0 Å². The monoisotopic (exact) mass is 444 g/mol. The summed E-state index contributed by atoms with van der Waals surface area (Å²) in [6.45, 7) is 3.94. The van der Waals surface area contributed by atoms with E-state index in [0.717, 1.165) is 60.9 Å². The molecule has 1 saturated heterocycles. The summed E-state index contributed by atoms with van der Waals surface area (Å²) in [6.07, 6.45) is 9.04. The quantitative estimate of drug-likeness (QED) is 0.512. The molecule has 0 saturated carbocycles. The van der Waals surface area contributed by atoms with Crippen molar-refractivity contribution in [2.75, 3.05) is 20.2 Å². The molecule has 0 radical (unpaired) electrons. The molecule has 2 aromatic carbocycles. The number of amidine groups is 1. The normalized spacial score (nSPS) is 19.1. The molecule has 172 valence electrons. The zero-order chi connectivity index (χ0) is 21.9. The molecule has 0 unspecified atom stereocenters. The SMILES string of the molecule is C.COc1cc(/C=C2\CCCN3CC[C@@H](c4ccccc4)ON=C23)ccc1-n1cnc(C)c1. The molecule has 1 aromatic heterocycles. The minimum absolute atomic E-state index is 0. The third-order valence-corrected chi connectivity index (χ3v) is 6.09. The van der Waals surface area contributed by atoms with Gasteiger partial charge in [0.15, 0.2) is 11.9 Å². The summed E-state index contributed by atoms with van der Waals surface area (Å²) in [6, 6.07) is 16.6. The maximum atomic E-state index is 6.02. The lowest BCUT2D eigenvalue weighted by Crippen LogP contribution is -2.37. The fourth-order valence-electron chi connectivity index (χ4n) is 4.44. The van der Waals surface area contributed by atoms with Crippen LogP contribution in [0.25, 0.3) is 11.8 Å². The van der Waals surface area contributed by atoms with Crippen molar-refractivity contribution in [1.29, 1.82) is 0 Å². The first-order chi connectivity index (χ1) is 15.7. The highest BCUT2D eigenvalue weighted by Crippen LogP contribution is 2.31. The average molecular weight is 445 g/mol. The van der Waals surface area contributed by atoms with Gasteiger partial charge in [-0.1, -0.05) is 49.0 Å². The van der Waals surface area contributed by atoms with Crippen molar-refractivity contribution in [3.05, 3.63) is 83.4 Å². The molecule has 1 fully saturated rings. The topological polar surface area (TPSA) is 51.9 Å². The minimum atomic E-state index is -0.00596. The average Bonchev–Trinajstić information content (AvgIpc) is 3.13. The van der Waals surface area contributed by atoms with Crippen molar-refractivity contribution < 1.29 is 9.57 Å². The van der Waals surface area contributed by atoms with Crippen LogP contribution in [0.4, 0.5) is 0 Å². The minimum Gasteiger partial charge on any atom is -0.495 e. The summed E-state index contributed by atoms with van der Waals surface area (Å²) in [4.78, 5) is 12.7. The number of fused-ring (bicyclic) bond motifs is 1. The van der Waals surface area contributed by atoms with Crippen molar-refractivity contribution in [2.24, 2.45) is 5.16 Å². The number of hydrogen-bond acceptors (Lipinski definition) is 5. The van der Waals surface area contributed by atoms with Crippen LogP contribution in [0.3, 0.4) is 0 Å². The van der Waals surface area contributed by atoms with Gasteiger partial charge in [-0.15, -0.1) is 0 Å². The van der Waals surface area contributed by atoms with Gasteiger partial charge in [-0.3, -0.25) is 0 Å². The van der Waals surface area contributed by atoms with E-state index >= 15 is 0 Å². The summed E-state index contributed by atoms with van der Waals surface area (Å²) in [7, 11) is 1.70. The van der Waals surface area contributed by atoms with Crippen LogP contribution in [0.2, 0.25) is 0 Å². The fraction of sp³-hybridized carbons (Fsp3) is 0.333. The van der Waals surface area contributed by atoms with E-state index in [4.69, 9.17) is 9.57 Å². The van der Waals surface area contributed by atoms with Gasteiger partial charge in [0.2, 0.25) is 0 Å². The Morgan fingerprint density at radius 2 is 1.97 bits per heavy atom. The zero-order valence-corrected chi connectivity index (χ0v) is 18.6. The summed E-state index contributed by atoms with van der Waals surface area (Å²) in [5.41, 5.74) is 5.42. The maximum absolute atomic E-state index is 6.02. The van der Waals surface area contributed by atoms with Crippen molar-refractivity contribution in [3.8, 4) is 11.4 Å². The van der Waals surface area contributed by atoms with Gasteiger partial charge in [0.1, 0.15) is 5.75 Å². The number of aromatic nitrogens is 2. The van der Waals surface area contributed by atoms with Gasteiger partial charge in [0.05, 0.1) is 24.8 Å². The highest BCUT2D eigenvalue weighted by Gasteiger charge is 2.27. The third kappa shape index (κ3) is 4.80. The maximum Gasteiger partial charge on any atom is 0.171 e. The molecule has 6 heteroatoms. The molecule has 2 aliphatic heterocycles. The Bertz CT molecular complexity index is 1150. The van der Waals surface area contributed by atoms with E-state index in [1.54, 1.807) is 7.11 Å². The van der Waals surface area contributed by atoms with Crippen LogP contribution in [-0.2, 0) is 4.84 Å². The van der Waals surface area contributed by atoms with Gasteiger partial charge >= 0.3 is 0 Å². The summed E-state index contributed by atoms with van der Waals surface area (Å²) < 4.78 is 7.67. The molecule has 3 heterocycles. The lowest BCUT2D eigenvalue weighted by molar-refractivity contribution is 0.0576. The summed E-state index contributed by atoms with van der Waals surface area (Å²) in [5.74, 6) is 1.77. The van der Waals surface area contributed by atoms with Gasteiger partial charge < -0.3 is 19.0 Å². The molecule has 0 N–H and O–H groups in total. The Balaban J connectivity index is 0.00000259. The zero-order valence-electron chi connectivity index (χ0n) is 18.6. The predicted molar refractivity (Wildman–Crippen MR) is 133 cm³/mol. The molecule has 3 aromatic rings. The van der Waals surface area contributed by atoms with E-state index in [1.165, 1.54) is 11.1 Å². The molecule has 6 nitrogen and oxygen atoms in total. The first-order valence-corrected chi connectivity index (χ1v) is 11.1. The van der Waals surface area contributed by atoms with Crippen molar-refractivity contribution >= 4 is 11.9 Å². The first kappa shape index (κ1) is 22.6. The summed E-state index contributed by atoms with van der Waals surface area (Å²) >= 11 is 0. The highest BCUT2D eigenvalue weighted by molar-refractivity contribution is 6.02. The predicted octanol–water partition coefficient (Wildman–Crippen LogP) is 5.78. The van der Waals surface area contributed by atoms with E-state index in [9.17, 15) is 0 Å². The van der Waals surface area contributed by atoms with Crippen LogP contribution in [-0.4, -0.2) is 40.5 Å². The van der Waals surface area contributed by atoms with Crippen LogP contribution in [0.5, 0.6) is 5.75 Å². The van der Waals surface area contributed by atoms with Gasteiger partial charge in [-0.25, -0.2) is 4.98 Å². The number of hydrogen-bond donors (Lipinski definition) is 0. The number of benzene rings is 2. The number of aryl methyl sites for hydroxylation is 1. The van der Waals surface area contributed by atoms with E-state index in [-0.39, 0.29) is 13.5 Å². The van der Waals surface area contributed by atoms with Gasteiger partial charge in [-0.05, 0) is 54.7 Å². The molecule has 33 heavy (non-hydrogen) atoms. The third-order valence-electron chi connectivity index (χ3n) is 6.09. The largest absolute Gasteiger partial charge is 0.495 e. The van der Waals surface area contributed by atoms with Crippen molar-refractivity contribution in [2.45, 2.75) is 39.7 Å². The van der Waals surface area contributed by atoms with E-state index in [1.807, 2.05) is 30.1 Å². The Hall–Kier alpha value is -3.54. The van der Waals surface area contributed by atoms with Crippen LogP contribution in [0, 0.1) is 6.92 Å². The highest BCUT2D eigenvalue weighted by atomic mass is 16.6. The molecular weight excluding hydrogens is 412 g/mol. The second-order valence-electron chi connectivity index (χ2n) is 8.32. The second-order valence-corrected chi connectivity index (χ2v) is 8.32. The number of piperidine rings is 1. The molecule has 5 rings (SSSR count). The van der Waals surface area contributed by atoms with Crippen LogP contribution < -0.4 is 4.74 Å². The fourth-order valence-corrected chi connectivity index (χ4v) is 4.44. The number of imidazole rings is 1. The molecule has 2 aliphatic rings. The number of ether oxygens (including phenoxy) is 1. The number of nitrogens with zero attached hydrogens (tertiary/aromatic N) is 4. The van der Waals surface area contributed by atoms with Crippen LogP contribution >= 0.6 is 0 Å². The molecular formula is C27H32N4O2. The number of rotatable bonds is 4. The Morgan fingerprint density at radius 3 is 2.73 bits per heavy atom. The molecule has 0 aliphatic carbocycles. The van der Waals surface area contributed by atoms with E-state index < -0.39 is 0 Å². The Morgan fingerprint density at radius 1 is 1.12 bits per heavy atom. The molecule has 0 amide bonds. The van der Waals surface area contributed by atoms with Gasteiger partial charge in [0, 0.05) is 25.7 Å². The first-order valence-electron chi connectivity index (χ1n) is 11.1. The van der Waals surface area contributed by atoms with Crippen LogP contribution in [0.1, 0.15) is 49.6 Å². The standard InChI is InChI=1S/C26H28N4O2.CH4/c1-19-17-30(18-27-19)23-11-10-20(16-25(23)31-2)15-22-9-6-13-29-14-12-24(32-28-26(22)29)21-7-4-3-5-8-21;/h3-5,7-8,10-11,15-18,24H,6,9,12-14H2,1-2H3;1H4/b22-15+;/t24-;/m0./s1. The molecule has 0 spiro atoms.